The van der Waals surface area contributed by atoms with Gasteiger partial charge in [0.25, 0.3) is 0 Å². The normalized spacial score (nSPS) is 9.71. The third-order valence-corrected chi connectivity index (χ3v) is 2.28. The highest BCUT2D eigenvalue weighted by Crippen LogP contribution is 2.21. The summed E-state index contributed by atoms with van der Waals surface area (Å²) in [5.41, 5.74) is 8.52. The maximum absolute atomic E-state index is 10.9. The molecule has 0 saturated carbocycles. The van der Waals surface area contributed by atoms with Crippen molar-refractivity contribution in [1.82, 2.24) is 9.99 Å². The lowest BCUT2D eigenvalue weighted by Gasteiger charge is -2.20. The molecule has 92 valence electrons. The van der Waals surface area contributed by atoms with Crippen LogP contribution in [0.15, 0.2) is 16.7 Å². The van der Waals surface area contributed by atoms with E-state index in [-0.39, 0.29) is 18.8 Å². The molecule has 1 amide bonds. The van der Waals surface area contributed by atoms with E-state index >= 15 is 0 Å². The van der Waals surface area contributed by atoms with Crippen LogP contribution in [0.25, 0.3) is 0 Å². The number of anilines is 2. The molecule has 4 N–H and O–H groups in total. The van der Waals surface area contributed by atoms with Gasteiger partial charge in [-0.2, -0.15) is 0 Å². The van der Waals surface area contributed by atoms with Crippen LogP contribution in [-0.2, 0) is 4.79 Å². The summed E-state index contributed by atoms with van der Waals surface area (Å²) in [7, 11) is 0. The van der Waals surface area contributed by atoms with E-state index < -0.39 is 6.09 Å². The van der Waals surface area contributed by atoms with Crippen LogP contribution in [0.2, 0.25) is 0 Å². The fourth-order valence-corrected chi connectivity index (χ4v) is 1.40. The molecule has 0 spiro atoms. The summed E-state index contributed by atoms with van der Waals surface area (Å²) < 4.78 is 0.662. The van der Waals surface area contributed by atoms with E-state index in [0.29, 0.717) is 16.4 Å². The molecule has 0 aliphatic heterocycles. The smallest absolute Gasteiger partial charge is 0.426 e. The van der Waals surface area contributed by atoms with Crippen LogP contribution < -0.4 is 11.2 Å². The molecule has 0 saturated heterocycles. The maximum Gasteiger partial charge on any atom is 0.426 e. The third kappa shape index (κ3) is 3.91. The van der Waals surface area contributed by atoms with Gasteiger partial charge >= 0.3 is 6.09 Å². The highest BCUT2D eigenvalue weighted by Gasteiger charge is 2.13. The van der Waals surface area contributed by atoms with E-state index in [1.165, 1.54) is 6.20 Å². The molecule has 0 radical (unpaired) electrons. The van der Waals surface area contributed by atoms with Gasteiger partial charge in [-0.15, -0.1) is 0 Å². The number of aromatic nitrogens is 1. The van der Waals surface area contributed by atoms with Crippen molar-refractivity contribution in [3.63, 3.8) is 0 Å². The van der Waals surface area contributed by atoms with Crippen LogP contribution in [0.4, 0.5) is 16.3 Å². The largest absolute Gasteiger partial charge is 0.464 e. The number of halogens is 1. The standard InChI is InChI=1S/C9H11BrN4O3/c10-6-4-7(8(11)12-5-6)13-14(9(16)17)2-1-3-15/h3-5,13H,1-2H2,(H2,11,12)(H,16,17). The van der Waals surface area contributed by atoms with Gasteiger partial charge in [-0.05, 0) is 22.0 Å². The number of carbonyl (C=O) groups is 2. The van der Waals surface area contributed by atoms with Crippen LogP contribution >= 0.6 is 15.9 Å². The molecule has 1 aromatic heterocycles. The summed E-state index contributed by atoms with van der Waals surface area (Å²) in [6.07, 6.45) is 1.03. The molecule has 0 aromatic carbocycles. The van der Waals surface area contributed by atoms with Crippen molar-refractivity contribution in [2.24, 2.45) is 0 Å². The molecule has 0 atom stereocenters. The zero-order chi connectivity index (χ0) is 12.8. The number of rotatable bonds is 5. The minimum absolute atomic E-state index is 0.0325. The fraction of sp³-hybridized carbons (Fsp3) is 0.222. The molecule has 1 rings (SSSR count). The minimum Gasteiger partial charge on any atom is -0.464 e. The van der Waals surface area contributed by atoms with Crippen LogP contribution in [0, 0.1) is 0 Å². The number of amides is 1. The number of nitrogens with zero attached hydrogens (tertiary/aromatic N) is 2. The molecule has 8 heteroatoms. The lowest BCUT2D eigenvalue weighted by Crippen LogP contribution is -2.36. The van der Waals surface area contributed by atoms with Gasteiger partial charge in [-0.3, -0.25) is 5.43 Å². The number of nitrogens with one attached hydrogen (secondary N) is 1. The molecule has 1 heterocycles. The summed E-state index contributed by atoms with van der Waals surface area (Å²) in [6.45, 7) is 0.0325. The first-order chi connectivity index (χ1) is 8.04. The SMILES string of the molecule is Nc1ncc(Br)cc1NN(CCC=O)C(=O)O. The highest BCUT2D eigenvalue weighted by atomic mass is 79.9. The lowest BCUT2D eigenvalue weighted by atomic mass is 10.4. The van der Waals surface area contributed by atoms with Gasteiger partial charge in [0.1, 0.15) is 12.1 Å². The average Bonchev–Trinajstić information content (AvgIpc) is 2.28. The molecule has 7 nitrogen and oxygen atoms in total. The topological polar surface area (TPSA) is 109 Å². The van der Waals surface area contributed by atoms with Crippen molar-refractivity contribution >= 4 is 39.8 Å². The second kappa shape index (κ2) is 6.04. The Morgan fingerprint density at radius 2 is 2.41 bits per heavy atom. The Morgan fingerprint density at radius 1 is 1.71 bits per heavy atom. The monoisotopic (exact) mass is 302 g/mol. The van der Waals surface area contributed by atoms with Crippen molar-refractivity contribution < 1.29 is 14.7 Å². The molecular formula is C9H11BrN4O3. The first-order valence-corrected chi connectivity index (χ1v) is 5.45. The molecule has 0 aliphatic rings. The van der Waals surface area contributed by atoms with E-state index in [4.69, 9.17) is 10.8 Å². The molecule has 0 bridgehead atoms. The Labute approximate surface area is 106 Å². The fourth-order valence-electron chi connectivity index (χ4n) is 1.07. The zero-order valence-electron chi connectivity index (χ0n) is 8.76. The summed E-state index contributed by atoms with van der Waals surface area (Å²) >= 11 is 3.20. The van der Waals surface area contributed by atoms with Gasteiger partial charge in [-0.1, -0.05) is 0 Å². The number of aldehydes is 1. The number of carbonyl (C=O) groups excluding carboxylic acids is 1. The Kier molecular flexibility index (Phi) is 4.70. The molecular weight excluding hydrogens is 292 g/mol. The summed E-state index contributed by atoms with van der Waals surface area (Å²) in [4.78, 5) is 24.9. The van der Waals surface area contributed by atoms with Gasteiger partial charge in [0.05, 0.1) is 12.2 Å². The predicted octanol–water partition coefficient (Wildman–Crippen LogP) is 1.32. The first kappa shape index (κ1) is 13.2. The number of pyridine rings is 1. The van der Waals surface area contributed by atoms with Crippen molar-refractivity contribution in [2.45, 2.75) is 6.42 Å². The Bertz CT molecular complexity index is 427. The van der Waals surface area contributed by atoms with Crippen LogP contribution in [0.3, 0.4) is 0 Å². The number of carboxylic acid groups (broad SMARTS) is 1. The van der Waals surface area contributed by atoms with Crippen LogP contribution in [0.5, 0.6) is 0 Å². The van der Waals surface area contributed by atoms with Crippen LogP contribution in [0.1, 0.15) is 6.42 Å². The van der Waals surface area contributed by atoms with E-state index in [1.807, 2.05) is 0 Å². The summed E-state index contributed by atoms with van der Waals surface area (Å²) in [6, 6.07) is 1.60. The number of hydrogen-bond acceptors (Lipinski definition) is 5. The molecule has 0 fully saturated rings. The van der Waals surface area contributed by atoms with Crippen molar-refractivity contribution in [3.05, 3.63) is 16.7 Å². The van der Waals surface area contributed by atoms with E-state index in [9.17, 15) is 9.59 Å². The number of hydrazine groups is 1. The second-order valence-corrected chi connectivity index (χ2v) is 4.00. The minimum atomic E-state index is -1.20. The van der Waals surface area contributed by atoms with Gasteiger partial charge in [-0.25, -0.2) is 14.8 Å². The molecule has 17 heavy (non-hydrogen) atoms. The van der Waals surface area contributed by atoms with Crippen molar-refractivity contribution in [1.29, 1.82) is 0 Å². The Hall–Kier alpha value is -1.83. The van der Waals surface area contributed by atoms with Crippen LogP contribution in [-0.4, -0.2) is 34.0 Å². The summed E-state index contributed by atoms with van der Waals surface area (Å²) in [5.74, 6) is 0.172. The van der Waals surface area contributed by atoms with E-state index in [0.717, 1.165) is 5.01 Å². The lowest BCUT2D eigenvalue weighted by molar-refractivity contribution is -0.108. The summed E-state index contributed by atoms with van der Waals surface area (Å²) in [5, 5.41) is 9.77. The predicted molar refractivity (Wildman–Crippen MR) is 65.4 cm³/mol. The van der Waals surface area contributed by atoms with Gasteiger partial charge in [0.2, 0.25) is 0 Å². The second-order valence-electron chi connectivity index (χ2n) is 3.09. The quantitative estimate of drug-likeness (QED) is 0.559. The number of nitrogen functional groups attached to an aromatic ring is 1. The van der Waals surface area contributed by atoms with Crippen molar-refractivity contribution in [3.8, 4) is 0 Å². The van der Waals surface area contributed by atoms with E-state index in [1.54, 1.807) is 6.07 Å². The van der Waals surface area contributed by atoms with Gasteiger partial charge in [0.15, 0.2) is 0 Å². The third-order valence-electron chi connectivity index (χ3n) is 1.84. The highest BCUT2D eigenvalue weighted by molar-refractivity contribution is 9.10. The average molecular weight is 303 g/mol. The first-order valence-electron chi connectivity index (χ1n) is 4.66. The molecule has 0 unspecified atom stereocenters. The molecule has 1 aromatic rings. The van der Waals surface area contributed by atoms with Gasteiger partial charge < -0.3 is 15.6 Å². The van der Waals surface area contributed by atoms with Crippen molar-refractivity contribution in [2.75, 3.05) is 17.7 Å². The zero-order valence-corrected chi connectivity index (χ0v) is 10.3. The number of hydrogen-bond donors (Lipinski definition) is 3. The maximum atomic E-state index is 10.9. The van der Waals surface area contributed by atoms with E-state index in [2.05, 4.69) is 26.3 Å². The Morgan fingerprint density at radius 3 is 3.00 bits per heavy atom. The number of nitrogens with two attached hydrogens (primary N) is 1. The Balaban J connectivity index is 2.81. The molecule has 0 aliphatic carbocycles. The van der Waals surface area contributed by atoms with Gasteiger partial charge in [0, 0.05) is 17.1 Å².